The fraction of sp³-hybridized carbons (Fsp3) is 0.909. The van der Waals surface area contributed by atoms with Crippen LogP contribution in [-0.2, 0) is 4.79 Å². The Bertz CT molecular complexity index is 268. The van der Waals surface area contributed by atoms with Crippen LogP contribution in [0.3, 0.4) is 0 Å². The first-order chi connectivity index (χ1) is 7.33. The Morgan fingerprint density at radius 3 is 2.56 bits per heavy atom. The van der Waals surface area contributed by atoms with Crippen LogP contribution >= 0.6 is 0 Å². The van der Waals surface area contributed by atoms with E-state index in [0.29, 0.717) is 18.8 Å². The lowest BCUT2D eigenvalue weighted by Crippen LogP contribution is -2.53. The number of carboxylic acids is 1. The van der Waals surface area contributed by atoms with Gasteiger partial charge in [-0.25, -0.2) is 4.79 Å². The van der Waals surface area contributed by atoms with E-state index in [-0.39, 0.29) is 12.8 Å². The number of aliphatic hydroxyl groups is 1. The smallest absolute Gasteiger partial charge is 0.377 e. The summed E-state index contributed by atoms with van der Waals surface area (Å²) in [6.07, 6.45) is 2.32. The maximum Gasteiger partial charge on any atom is 0.377 e. The minimum absolute atomic E-state index is 0.134. The molecule has 2 atom stereocenters. The van der Waals surface area contributed by atoms with Crippen LogP contribution in [0.4, 0.5) is 8.78 Å². The zero-order chi connectivity index (χ0) is 12.4. The van der Waals surface area contributed by atoms with Gasteiger partial charge in [0.25, 0.3) is 0 Å². The van der Waals surface area contributed by atoms with E-state index in [1.807, 2.05) is 6.92 Å². The fourth-order valence-corrected chi connectivity index (χ4v) is 2.32. The first-order valence-electron chi connectivity index (χ1n) is 5.67. The Morgan fingerprint density at radius 2 is 2.06 bits per heavy atom. The molecule has 0 bridgehead atoms. The van der Waals surface area contributed by atoms with Gasteiger partial charge in [0.15, 0.2) is 0 Å². The van der Waals surface area contributed by atoms with Gasteiger partial charge in [-0.2, -0.15) is 8.78 Å². The fourth-order valence-electron chi connectivity index (χ4n) is 2.32. The van der Waals surface area contributed by atoms with E-state index in [1.165, 1.54) is 0 Å². The second-order valence-electron chi connectivity index (χ2n) is 4.62. The molecule has 0 aromatic heterocycles. The van der Waals surface area contributed by atoms with E-state index < -0.39 is 17.5 Å². The summed E-state index contributed by atoms with van der Waals surface area (Å²) < 4.78 is 26.8. The van der Waals surface area contributed by atoms with Crippen LogP contribution in [0, 0.1) is 5.92 Å². The largest absolute Gasteiger partial charge is 0.477 e. The van der Waals surface area contributed by atoms with Crippen LogP contribution in [0.5, 0.6) is 0 Å². The van der Waals surface area contributed by atoms with E-state index in [1.54, 1.807) is 0 Å². The molecule has 0 saturated heterocycles. The van der Waals surface area contributed by atoms with Gasteiger partial charge in [-0.3, -0.25) is 0 Å². The van der Waals surface area contributed by atoms with E-state index in [2.05, 4.69) is 0 Å². The summed E-state index contributed by atoms with van der Waals surface area (Å²) in [6.45, 7) is 1.98. The van der Waals surface area contributed by atoms with Crippen molar-refractivity contribution in [2.24, 2.45) is 5.92 Å². The molecule has 3 nitrogen and oxygen atoms in total. The van der Waals surface area contributed by atoms with Gasteiger partial charge in [-0.15, -0.1) is 0 Å². The van der Waals surface area contributed by atoms with Crippen molar-refractivity contribution in [3.63, 3.8) is 0 Å². The Balaban J connectivity index is 2.81. The highest BCUT2D eigenvalue weighted by molar-refractivity contribution is 5.77. The summed E-state index contributed by atoms with van der Waals surface area (Å²) in [4.78, 5) is 10.5. The third-order valence-electron chi connectivity index (χ3n) is 3.60. The second kappa shape index (κ2) is 4.65. The van der Waals surface area contributed by atoms with Gasteiger partial charge in [0.1, 0.15) is 5.60 Å². The zero-order valence-electron chi connectivity index (χ0n) is 9.38. The predicted molar refractivity (Wildman–Crippen MR) is 54.4 cm³/mol. The van der Waals surface area contributed by atoms with Gasteiger partial charge < -0.3 is 10.2 Å². The van der Waals surface area contributed by atoms with Crippen molar-refractivity contribution in [2.75, 3.05) is 0 Å². The van der Waals surface area contributed by atoms with E-state index >= 15 is 0 Å². The second-order valence-corrected chi connectivity index (χ2v) is 4.62. The molecular formula is C11H18F2O3. The van der Waals surface area contributed by atoms with Gasteiger partial charge in [0, 0.05) is 0 Å². The van der Waals surface area contributed by atoms with Crippen molar-refractivity contribution < 1.29 is 23.8 Å². The summed E-state index contributed by atoms with van der Waals surface area (Å²) in [7, 11) is 0. The van der Waals surface area contributed by atoms with Crippen LogP contribution in [0.25, 0.3) is 0 Å². The SMILES string of the molecule is CCC1CCCC(O)(C(F)(F)C(=O)O)CC1. The lowest BCUT2D eigenvalue weighted by Gasteiger charge is -2.32. The van der Waals surface area contributed by atoms with Crippen molar-refractivity contribution >= 4 is 5.97 Å². The summed E-state index contributed by atoms with van der Waals surface area (Å²) >= 11 is 0. The van der Waals surface area contributed by atoms with Crippen molar-refractivity contribution in [3.05, 3.63) is 0 Å². The molecule has 1 aliphatic carbocycles. The lowest BCUT2D eigenvalue weighted by molar-refractivity contribution is -0.211. The molecule has 1 rings (SSSR count). The minimum Gasteiger partial charge on any atom is -0.477 e. The lowest BCUT2D eigenvalue weighted by atomic mass is 9.87. The Hall–Kier alpha value is -0.710. The molecule has 2 N–H and O–H groups in total. The molecule has 5 heteroatoms. The molecule has 0 aromatic carbocycles. The average molecular weight is 236 g/mol. The maximum atomic E-state index is 13.4. The van der Waals surface area contributed by atoms with E-state index in [0.717, 1.165) is 12.8 Å². The third kappa shape index (κ3) is 2.34. The van der Waals surface area contributed by atoms with Crippen molar-refractivity contribution in [3.8, 4) is 0 Å². The molecule has 1 aliphatic rings. The van der Waals surface area contributed by atoms with E-state index in [4.69, 9.17) is 5.11 Å². The van der Waals surface area contributed by atoms with Crippen LogP contribution in [0.15, 0.2) is 0 Å². The molecule has 2 unspecified atom stereocenters. The number of halogens is 2. The molecular weight excluding hydrogens is 218 g/mol. The molecule has 94 valence electrons. The average Bonchev–Trinajstić information content (AvgIpc) is 2.41. The monoisotopic (exact) mass is 236 g/mol. The highest BCUT2D eigenvalue weighted by Crippen LogP contribution is 2.41. The number of hydrogen-bond donors (Lipinski definition) is 2. The molecule has 1 saturated carbocycles. The van der Waals surface area contributed by atoms with Gasteiger partial charge in [0.05, 0.1) is 0 Å². The number of carbonyl (C=O) groups is 1. The highest BCUT2D eigenvalue weighted by atomic mass is 19.3. The van der Waals surface area contributed by atoms with Crippen LogP contribution in [-0.4, -0.2) is 27.7 Å². The molecule has 0 amide bonds. The number of rotatable bonds is 3. The summed E-state index contributed by atoms with van der Waals surface area (Å²) in [6, 6.07) is 0. The Morgan fingerprint density at radius 1 is 1.44 bits per heavy atom. The molecule has 16 heavy (non-hydrogen) atoms. The highest BCUT2D eigenvalue weighted by Gasteiger charge is 2.58. The number of alkyl halides is 2. The normalized spacial score (nSPS) is 32.1. The van der Waals surface area contributed by atoms with E-state index in [9.17, 15) is 18.7 Å². The van der Waals surface area contributed by atoms with Crippen LogP contribution in [0.1, 0.15) is 45.4 Å². The van der Waals surface area contributed by atoms with Gasteiger partial charge in [-0.1, -0.05) is 26.2 Å². The predicted octanol–water partition coefficient (Wildman–Crippen LogP) is 2.43. The molecule has 0 heterocycles. The van der Waals surface area contributed by atoms with Gasteiger partial charge in [-0.05, 0) is 25.2 Å². The van der Waals surface area contributed by atoms with Crippen LogP contribution < -0.4 is 0 Å². The first kappa shape index (κ1) is 13.4. The summed E-state index contributed by atoms with van der Waals surface area (Å²) in [5, 5.41) is 18.3. The van der Waals surface area contributed by atoms with Crippen molar-refractivity contribution in [1.29, 1.82) is 0 Å². The van der Waals surface area contributed by atoms with Crippen molar-refractivity contribution in [2.45, 2.75) is 57.0 Å². The Kier molecular flexibility index (Phi) is 3.88. The molecule has 0 spiro atoms. The molecule has 0 aliphatic heterocycles. The molecule has 0 radical (unpaired) electrons. The zero-order valence-corrected chi connectivity index (χ0v) is 9.38. The summed E-state index contributed by atoms with van der Waals surface area (Å²) in [5.74, 6) is -5.96. The summed E-state index contributed by atoms with van der Waals surface area (Å²) in [5.41, 5.74) is -2.37. The number of carboxylic acid groups (broad SMARTS) is 1. The number of hydrogen-bond acceptors (Lipinski definition) is 2. The number of aliphatic carboxylic acids is 1. The topological polar surface area (TPSA) is 57.5 Å². The quantitative estimate of drug-likeness (QED) is 0.740. The standard InChI is InChI=1S/C11H18F2O3/c1-2-8-4-3-6-10(16,7-5-8)11(12,13)9(14)15/h8,16H,2-7H2,1H3,(H,14,15). The minimum atomic E-state index is -4.05. The Labute approximate surface area is 93.5 Å². The third-order valence-corrected chi connectivity index (χ3v) is 3.60. The van der Waals surface area contributed by atoms with Gasteiger partial charge in [0.2, 0.25) is 0 Å². The van der Waals surface area contributed by atoms with Gasteiger partial charge >= 0.3 is 11.9 Å². The maximum absolute atomic E-state index is 13.4. The van der Waals surface area contributed by atoms with Crippen LogP contribution in [0.2, 0.25) is 0 Å². The first-order valence-corrected chi connectivity index (χ1v) is 5.67. The molecule has 1 fully saturated rings. The molecule has 0 aromatic rings. The van der Waals surface area contributed by atoms with Crippen molar-refractivity contribution in [1.82, 2.24) is 0 Å².